The van der Waals surface area contributed by atoms with Crippen LogP contribution in [0.2, 0.25) is 0 Å². The van der Waals surface area contributed by atoms with Crippen molar-refractivity contribution in [1.29, 1.82) is 0 Å². The number of benzene rings is 1. The molecule has 1 amide bonds. The van der Waals surface area contributed by atoms with Gasteiger partial charge in [0.2, 0.25) is 0 Å². The van der Waals surface area contributed by atoms with Crippen LogP contribution in [-0.2, 0) is 16.0 Å². The molecule has 0 N–H and O–H groups in total. The normalized spacial score (nSPS) is 22.3. The van der Waals surface area contributed by atoms with Crippen molar-refractivity contribution < 1.29 is 14.3 Å². The summed E-state index contributed by atoms with van der Waals surface area (Å²) in [6.45, 7) is 5.23. The standard InChI is InChI=1S/C18H26N2O3/c1-22-16-6-3-2-5-15(16)8-9-19-10-12-20(13-11-19)18(21)17-7-4-14-23-17/h2-3,5-6,17H,4,7-14H2,1H3. The van der Waals surface area contributed by atoms with Crippen molar-refractivity contribution >= 4 is 5.91 Å². The second-order valence-corrected chi connectivity index (χ2v) is 6.23. The van der Waals surface area contributed by atoms with Crippen LogP contribution >= 0.6 is 0 Å². The molecule has 1 unspecified atom stereocenters. The Bertz CT molecular complexity index is 521. The molecule has 0 spiro atoms. The molecule has 0 bridgehead atoms. The van der Waals surface area contributed by atoms with Crippen molar-refractivity contribution in [3.05, 3.63) is 29.8 Å². The van der Waals surface area contributed by atoms with E-state index in [9.17, 15) is 4.79 Å². The van der Waals surface area contributed by atoms with E-state index in [-0.39, 0.29) is 12.0 Å². The summed E-state index contributed by atoms with van der Waals surface area (Å²) >= 11 is 0. The van der Waals surface area contributed by atoms with Crippen molar-refractivity contribution in [3.63, 3.8) is 0 Å². The molecule has 0 saturated carbocycles. The topological polar surface area (TPSA) is 42.0 Å². The van der Waals surface area contributed by atoms with E-state index in [1.165, 1.54) is 5.56 Å². The van der Waals surface area contributed by atoms with Gasteiger partial charge in [-0.2, -0.15) is 0 Å². The minimum absolute atomic E-state index is 0.185. The summed E-state index contributed by atoms with van der Waals surface area (Å²) in [7, 11) is 1.72. The van der Waals surface area contributed by atoms with E-state index < -0.39 is 0 Å². The number of nitrogens with zero attached hydrogens (tertiary/aromatic N) is 2. The number of carbonyl (C=O) groups excluding carboxylic acids is 1. The van der Waals surface area contributed by atoms with Crippen LogP contribution in [0.15, 0.2) is 24.3 Å². The molecule has 2 aliphatic rings. The molecular formula is C18H26N2O3. The molecule has 2 saturated heterocycles. The van der Waals surface area contributed by atoms with Crippen LogP contribution < -0.4 is 4.74 Å². The number of methoxy groups -OCH3 is 1. The third-order valence-corrected chi connectivity index (χ3v) is 4.78. The monoisotopic (exact) mass is 318 g/mol. The largest absolute Gasteiger partial charge is 0.496 e. The maximum atomic E-state index is 12.3. The van der Waals surface area contributed by atoms with Gasteiger partial charge >= 0.3 is 0 Å². The summed E-state index contributed by atoms with van der Waals surface area (Å²) in [5.41, 5.74) is 1.24. The zero-order chi connectivity index (χ0) is 16.1. The van der Waals surface area contributed by atoms with Crippen LogP contribution in [0.4, 0.5) is 0 Å². The molecule has 3 rings (SSSR count). The lowest BCUT2D eigenvalue weighted by Crippen LogP contribution is -2.51. The number of rotatable bonds is 5. The molecule has 2 aliphatic heterocycles. The molecule has 2 heterocycles. The van der Waals surface area contributed by atoms with Crippen LogP contribution in [0.5, 0.6) is 5.75 Å². The van der Waals surface area contributed by atoms with Gasteiger partial charge in [0.25, 0.3) is 5.91 Å². The second kappa shape index (κ2) is 7.79. The highest BCUT2D eigenvalue weighted by Gasteiger charge is 2.30. The molecule has 5 nitrogen and oxygen atoms in total. The minimum Gasteiger partial charge on any atom is -0.496 e. The van der Waals surface area contributed by atoms with Gasteiger partial charge in [-0.15, -0.1) is 0 Å². The van der Waals surface area contributed by atoms with Gasteiger partial charge in [0.05, 0.1) is 7.11 Å². The van der Waals surface area contributed by atoms with Crippen LogP contribution in [0, 0.1) is 0 Å². The van der Waals surface area contributed by atoms with E-state index in [2.05, 4.69) is 17.0 Å². The van der Waals surface area contributed by atoms with Crippen molar-refractivity contribution in [2.75, 3.05) is 46.4 Å². The maximum absolute atomic E-state index is 12.3. The summed E-state index contributed by atoms with van der Waals surface area (Å²) in [4.78, 5) is 16.7. The van der Waals surface area contributed by atoms with Crippen LogP contribution in [0.3, 0.4) is 0 Å². The Hall–Kier alpha value is -1.59. The Balaban J connectivity index is 1.45. The van der Waals surface area contributed by atoms with Gasteiger partial charge in [-0.05, 0) is 30.9 Å². The quantitative estimate of drug-likeness (QED) is 0.826. The average molecular weight is 318 g/mol. The summed E-state index contributed by atoms with van der Waals surface area (Å²) in [5, 5.41) is 0. The van der Waals surface area contributed by atoms with Crippen molar-refractivity contribution in [2.24, 2.45) is 0 Å². The molecular weight excluding hydrogens is 292 g/mol. The van der Waals surface area contributed by atoms with Gasteiger partial charge in [-0.25, -0.2) is 0 Å². The van der Waals surface area contributed by atoms with Crippen LogP contribution in [0.25, 0.3) is 0 Å². The van der Waals surface area contributed by atoms with E-state index in [4.69, 9.17) is 9.47 Å². The first kappa shape index (κ1) is 16.3. The molecule has 2 fully saturated rings. The number of para-hydroxylation sites is 1. The fourth-order valence-corrected chi connectivity index (χ4v) is 3.36. The first-order chi connectivity index (χ1) is 11.3. The first-order valence-electron chi connectivity index (χ1n) is 8.52. The maximum Gasteiger partial charge on any atom is 0.251 e. The van der Waals surface area contributed by atoms with Gasteiger partial charge in [-0.3, -0.25) is 9.69 Å². The summed E-state index contributed by atoms with van der Waals surface area (Å²) in [6.07, 6.45) is 2.68. The molecule has 0 aliphatic carbocycles. The first-order valence-corrected chi connectivity index (χ1v) is 8.52. The molecule has 1 aromatic rings. The number of piperazine rings is 1. The fourth-order valence-electron chi connectivity index (χ4n) is 3.36. The number of ether oxygens (including phenoxy) is 2. The number of hydrogen-bond acceptors (Lipinski definition) is 4. The lowest BCUT2D eigenvalue weighted by molar-refractivity contribution is -0.142. The van der Waals surface area contributed by atoms with Crippen LogP contribution in [-0.4, -0.2) is 68.3 Å². The van der Waals surface area contributed by atoms with Crippen molar-refractivity contribution in [2.45, 2.75) is 25.4 Å². The fraction of sp³-hybridized carbons (Fsp3) is 0.611. The number of carbonyl (C=O) groups is 1. The Morgan fingerprint density at radius 1 is 1.26 bits per heavy atom. The Morgan fingerprint density at radius 3 is 2.74 bits per heavy atom. The zero-order valence-corrected chi connectivity index (χ0v) is 13.9. The zero-order valence-electron chi connectivity index (χ0n) is 13.9. The van der Waals surface area contributed by atoms with E-state index >= 15 is 0 Å². The van der Waals surface area contributed by atoms with E-state index in [0.29, 0.717) is 0 Å². The van der Waals surface area contributed by atoms with Gasteiger partial charge in [0, 0.05) is 39.3 Å². The van der Waals surface area contributed by atoms with Crippen molar-refractivity contribution in [1.82, 2.24) is 9.80 Å². The van der Waals surface area contributed by atoms with Gasteiger partial charge in [0.1, 0.15) is 11.9 Å². The van der Waals surface area contributed by atoms with E-state index in [0.717, 1.165) is 64.3 Å². The molecule has 126 valence electrons. The highest BCUT2D eigenvalue weighted by Crippen LogP contribution is 2.19. The average Bonchev–Trinajstić information content (AvgIpc) is 3.14. The lowest BCUT2D eigenvalue weighted by atomic mass is 10.1. The molecule has 1 atom stereocenters. The Morgan fingerprint density at radius 2 is 2.04 bits per heavy atom. The van der Waals surface area contributed by atoms with Crippen molar-refractivity contribution in [3.8, 4) is 5.75 Å². The predicted octanol–water partition coefficient (Wildman–Crippen LogP) is 1.56. The predicted molar refractivity (Wildman–Crippen MR) is 88.7 cm³/mol. The summed E-state index contributed by atoms with van der Waals surface area (Å²) in [5.74, 6) is 1.14. The third-order valence-electron chi connectivity index (χ3n) is 4.78. The summed E-state index contributed by atoms with van der Waals surface area (Å²) < 4.78 is 10.9. The molecule has 23 heavy (non-hydrogen) atoms. The van der Waals surface area contributed by atoms with Crippen LogP contribution in [0.1, 0.15) is 18.4 Å². The second-order valence-electron chi connectivity index (χ2n) is 6.23. The molecule has 1 aromatic carbocycles. The Kier molecular flexibility index (Phi) is 5.51. The molecule has 5 heteroatoms. The third kappa shape index (κ3) is 4.03. The highest BCUT2D eigenvalue weighted by atomic mass is 16.5. The van der Waals surface area contributed by atoms with E-state index in [1.54, 1.807) is 7.11 Å². The smallest absolute Gasteiger partial charge is 0.251 e. The molecule has 0 aromatic heterocycles. The highest BCUT2D eigenvalue weighted by molar-refractivity contribution is 5.81. The van der Waals surface area contributed by atoms with E-state index in [1.807, 2.05) is 17.0 Å². The van der Waals surface area contributed by atoms with Gasteiger partial charge in [-0.1, -0.05) is 18.2 Å². The minimum atomic E-state index is -0.185. The molecule has 0 radical (unpaired) electrons. The summed E-state index contributed by atoms with van der Waals surface area (Å²) in [6, 6.07) is 8.18. The lowest BCUT2D eigenvalue weighted by Gasteiger charge is -2.35. The number of hydrogen-bond donors (Lipinski definition) is 0. The van der Waals surface area contributed by atoms with Gasteiger partial charge < -0.3 is 14.4 Å². The van der Waals surface area contributed by atoms with Gasteiger partial charge in [0.15, 0.2) is 0 Å². The Labute approximate surface area is 138 Å². The number of amides is 1. The SMILES string of the molecule is COc1ccccc1CCN1CCN(C(=O)C2CCCO2)CC1.